The Hall–Kier alpha value is -1.93. The first-order chi connectivity index (χ1) is 42.2. The first kappa shape index (κ1) is 82.1. The summed E-state index contributed by atoms with van der Waals surface area (Å²) in [6, 6.07) is -1.20. The number of nitrogens with one attached hydrogen (secondary N) is 1. The Bertz CT molecular complexity index is 1540. The summed E-state index contributed by atoms with van der Waals surface area (Å²) in [4.78, 5) is 13.3. The molecular formula is C75H141NO10. The second-order valence-electron chi connectivity index (χ2n) is 26.0. The van der Waals surface area contributed by atoms with Crippen LogP contribution in [0.25, 0.3) is 0 Å². The molecule has 506 valence electrons. The third kappa shape index (κ3) is 49.8. The van der Waals surface area contributed by atoms with Crippen molar-refractivity contribution in [1.82, 2.24) is 5.32 Å². The molecule has 1 amide bonds. The van der Waals surface area contributed by atoms with Gasteiger partial charge in [-0.2, -0.15) is 0 Å². The quantitative estimate of drug-likeness (QED) is 0.0215. The summed E-state index contributed by atoms with van der Waals surface area (Å²) >= 11 is 0. The number of aliphatic hydroxyl groups excluding tert-OH is 7. The van der Waals surface area contributed by atoms with Gasteiger partial charge in [0.15, 0.2) is 6.29 Å². The number of carbonyl (C=O) groups excluding carboxylic acids is 1. The number of ether oxygens (including phenoxy) is 2. The van der Waals surface area contributed by atoms with Crippen molar-refractivity contribution in [2.75, 3.05) is 13.2 Å². The minimum Gasteiger partial charge on any atom is -0.394 e. The fourth-order valence-corrected chi connectivity index (χ4v) is 11.9. The normalized spacial score (nSPS) is 19.0. The van der Waals surface area contributed by atoms with Gasteiger partial charge < -0.3 is 50.5 Å². The lowest BCUT2D eigenvalue weighted by molar-refractivity contribution is -0.303. The first-order valence-electron chi connectivity index (χ1n) is 37.0. The van der Waals surface area contributed by atoms with Gasteiger partial charge in [0.05, 0.1) is 25.4 Å². The van der Waals surface area contributed by atoms with E-state index >= 15 is 0 Å². The van der Waals surface area contributed by atoms with Crippen LogP contribution in [-0.2, 0) is 14.3 Å². The highest BCUT2D eigenvalue weighted by Gasteiger charge is 2.44. The molecule has 0 radical (unpaired) electrons. The molecule has 86 heavy (non-hydrogen) atoms. The van der Waals surface area contributed by atoms with Crippen molar-refractivity contribution in [3.63, 3.8) is 0 Å². The molecule has 1 heterocycles. The average Bonchev–Trinajstić information content (AvgIpc) is 2.94. The maximum atomic E-state index is 13.3. The van der Waals surface area contributed by atoms with Crippen LogP contribution in [0.5, 0.6) is 0 Å². The standard InChI is InChI=1S/C75H141NO10/c1-3-5-7-9-11-13-15-17-19-21-23-25-26-27-28-29-30-31-32-33-34-35-36-37-38-39-40-41-43-45-47-49-51-53-55-57-59-61-63-68(79)74(84)76-66(65-85-75-73(83)72(82)71(81)69(64-77)86-75)70(80)67(78)62-60-58-56-54-52-50-48-46-44-42-24-22-20-18-16-14-12-10-8-6-4-2/h22,24,33-34,46,48,54,56,66-73,75,77-83H,3-21,23,25-32,35-45,47,49-53,55,57-65H2,1-2H3,(H,76,84)/b24-22+,34-33-,48-46+,56-54+. The van der Waals surface area contributed by atoms with Crippen LogP contribution in [0, 0.1) is 0 Å². The minimum absolute atomic E-state index is 0.241. The van der Waals surface area contributed by atoms with Crippen molar-refractivity contribution in [2.45, 2.75) is 409 Å². The Balaban J connectivity index is 2.15. The van der Waals surface area contributed by atoms with Gasteiger partial charge >= 0.3 is 0 Å². The summed E-state index contributed by atoms with van der Waals surface area (Å²) in [5.74, 6) is -0.708. The van der Waals surface area contributed by atoms with Gasteiger partial charge in [-0.15, -0.1) is 0 Å². The van der Waals surface area contributed by atoms with E-state index in [1.165, 1.54) is 263 Å². The molecule has 9 unspecified atom stereocenters. The molecule has 11 nitrogen and oxygen atoms in total. The van der Waals surface area contributed by atoms with Crippen molar-refractivity contribution >= 4 is 5.91 Å². The van der Waals surface area contributed by atoms with E-state index in [9.17, 15) is 40.5 Å². The lowest BCUT2D eigenvalue weighted by Gasteiger charge is -2.40. The number of rotatable bonds is 65. The topological polar surface area (TPSA) is 189 Å². The summed E-state index contributed by atoms with van der Waals surface area (Å²) in [5, 5.41) is 76.4. The molecule has 1 saturated heterocycles. The Morgan fingerprint density at radius 3 is 1.03 bits per heavy atom. The highest BCUT2D eigenvalue weighted by atomic mass is 16.7. The van der Waals surface area contributed by atoms with E-state index < -0.39 is 74.2 Å². The van der Waals surface area contributed by atoms with Crippen LogP contribution in [0.4, 0.5) is 0 Å². The largest absolute Gasteiger partial charge is 0.394 e. The molecule has 8 N–H and O–H groups in total. The molecule has 0 bridgehead atoms. The number of aliphatic hydroxyl groups is 7. The van der Waals surface area contributed by atoms with Gasteiger partial charge in [0.25, 0.3) is 0 Å². The molecular weight excluding hydrogens is 1070 g/mol. The SMILES string of the molecule is CCCCCCCCCC/C=C/CC/C=C/CC/C=C/CCCC(O)C(O)C(COC1OC(CO)C(O)C(O)C1O)NC(=O)C(O)CCCCCCCCCCCCCCCCCC/C=C\CCCCCCCCCCCCCCCCCCCC. The molecule has 9 atom stereocenters. The van der Waals surface area contributed by atoms with Crippen LogP contribution < -0.4 is 5.32 Å². The molecule has 0 saturated carbocycles. The molecule has 11 heteroatoms. The minimum atomic E-state index is -1.67. The smallest absolute Gasteiger partial charge is 0.249 e. The van der Waals surface area contributed by atoms with Crippen LogP contribution in [0.2, 0.25) is 0 Å². The Morgan fingerprint density at radius 2 is 0.698 bits per heavy atom. The van der Waals surface area contributed by atoms with E-state index in [1.807, 2.05) is 0 Å². The molecule has 1 aliphatic heterocycles. The zero-order valence-corrected chi connectivity index (χ0v) is 56.1. The number of carbonyl (C=O) groups is 1. The van der Waals surface area contributed by atoms with E-state index in [4.69, 9.17) is 9.47 Å². The van der Waals surface area contributed by atoms with Crippen molar-refractivity contribution in [3.05, 3.63) is 48.6 Å². The third-order valence-electron chi connectivity index (χ3n) is 17.8. The zero-order chi connectivity index (χ0) is 62.4. The summed E-state index contributed by atoms with van der Waals surface area (Å²) in [5.41, 5.74) is 0. The Kier molecular flexibility index (Phi) is 60.3. The van der Waals surface area contributed by atoms with Crippen LogP contribution in [0.15, 0.2) is 48.6 Å². The zero-order valence-electron chi connectivity index (χ0n) is 56.1. The highest BCUT2D eigenvalue weighted by molar-refractivity contribution is 5.80. The lowest BCUT2D eigenvalue weighted by Crippen LogP contribution is -2.60. The van der Waals surface area contributed by atoms with Crippen molar-refractivity contribution in [3.8, 4) is 0 Å². The molecule has 0 spiro atoms. The Morgan fingerprint density at radius 1 is 0.395 bits per heavy atom. The van der Waals surface area contributed by atoms with Gasteiger partial charge in [-0.25, -0.2) is 0 Å². The predicted octanol–water partition coefficient (Wildman–Crippen LogP) is 18.3. The van der Waals surface area contributed by atoms with Gasteiger partial charge in [-0.05, 0) is 89.9 Å². The van der Waals surface area contributed by atoms with E-state index in [1.54, 1.807) is 0 Å². The maximum absolute atomic E-state index is 13.3. The van der Waals surface area contributed by atoms with Crippen LogP contribution in [0.1, 0.15) is 354 Å². The van der Waals surface area contributed by atoms with Crippen LogP contribution in [-0.4, -0.2) is 110 Å². The molecule has 0 aromatic rings. The van der Waals surface area contributed by atoms with E-state index in [-0.39, 0.29) is 12.8 Å². The van der Waals surface area contributed by atoms with Gasteiger partial charge in [-0.3, -0.25) is 4.79 Å². The van der Waals surface area contributed by atoms with Crippen molar-refractivity contribution in [2.24, 2.45) is 0 Å². The van der Waals surface area contributed by atoms with Crippen LogP contribution in [0.3, 0.4) is 0 Å². The number of unbranched alkanes of at least 4 members (excludes halogenated alkanes) is 45. The van der Waals surface area contributed by atoms with Gasteiger partial charge in [0, 0.05) is 0 Å². The third-order valence-corrected chi connectivity index (χ3v) is 17.8. The molecule has 0 aromatic carbocycles. The van der Waals surface area contributed by atoms with Gasteiger partial charge in [0.1, 0.15) is 36.6 Å². The van der Waals surface area contributed by atoms with Gasteiger partial charge in [0.2, 0.25) is 5.91 Å². The first-order valence-corrected chi connectivity index (χ1v) is 37.0. The molecule has 1 aliphatic rings. The fourth-order valence-electron chi connectivity index (χ4n) is 11.9. The summed E-state index contributed by atoms with van der Waals surface area (Å²) in [7, 11) is 0. The van der Waals surface area contributed by atoms with Crippen LogP contribution >= 0.6 is 0 Å². The molecule has 0 aliphatic carbocycles. The average molecular weight is 1220 g/mol. The van der Waals surface area contributed by atoms with E-state index in [0.717, 1.165) is 44.9 Å². The summed E-state index contributed by atoms with van der Waals surface area (Å²) in [6.07, 6.45) is 72.2. The number of allylic oxidation sites excluding steroid dienone is 8. The molecule has 1 rings (SSSR count). The fraction of sp³-hybridized carbons (Fsp3) is 0.880. The summed E-state index contributed by atoms with van der Waals surface area (Å²) in [6.45, 7) is 3.48. The van der Waals surface area contributed by atoms with E-state index in [2.05, 4.69) is 67.8 Å². The Labute approximate surface area is 529 Å². The monoisotopic (exact) mass is 1220 g/mol. The maximum Gasteiger partial charge on any atom is 0.249 e. The predicted molar refractivity (Wildman–Crippen MR) is 362 cm³/mol. The van der Waals surface area contributed by atoms with Crippen molar-refractivity contribution < 1.29 is 50.0 Å². The van der Waals surface area contributed by atoms with E-state index in [0.29, 0.717) is 19.3 Å². The second kappa shape index (κ2) is 63.2. The lowest BCUT2D eigenvalue weighted by atomic mass is 9.98. The molecule has 0 aromatic heterocycles. The number of hydrogen-bond acceptors (Lipinski definition) is 10. The second-order valence-corrected chi connectivity index (χ2v) is 26.0. The molecule has 1 fully saturated rings. The van der Waals surface area contributed by atoms with Crippen molar-refractivity contribution in [1.29, 1.82) is 0 Å². The highest BCUT2D eigenvalue weighted by Crippen LogP contribution is 2.24. The number of hydrogen-bond donors (Lipinski definition) is 8. The number of amides is 1. The van der Waals surface area contributed by atoms with Gasteiger partial charge in [-0.1, -0.05) is 313 Å². The summed E-state index contributed by atoms with van der Waals surface area (Å²) < 4.78 is 11.2.